The van der Waals surface area contributed by atoms with E-state index in [2.05, 4.69) is 10.6 Å². The van der Waals surface area contributed by atoms with Gasteiger partial charge in [0.2, 0.25) is 0 Å². The van der Waals surface area contributed by atoms with Gasteiger partial charge >= 0.3 is 6.03 Å². The van der Waals surface area contributed by atoms with Crippen molar-refractivity contribution < 1.29 is 17.9 Å². The van der Waals surface area contributed by atoms with Gasteiger partial charge in [-0.25, -0.2) is 13.2 Å². The summed E-state index contributed by atoms with van der Waals surface area (Å²) in [5.74, 6) is 0.690. The Morgan fingerprint density at radius 2 is 2.11 bits per heavy atom. The number of hydrogen-bond donors (Lipinski definition) is 2. The molecular weight excluding hydrogens is 268 g/mol. The zero-order chi connectivity index (χ0) is 13.9. The highest BCUT2D eigenvalue weighted by Crippen LogP contribution is 2.22. The van der Waals surface area contributed by atoms with Crippen molar-refractivity contribution in [2.75, 3.05) is 23.9 Å². The van der Waals surface area contributed by atoms with E-state index >= 15 is 0 Å². The van der Waals surface area contributed by atoms with Crippen LogP contribution in [0.3, 0.4) is 0 Å². The fourth-order valence-electron chi connectivity index (χ4n) is 2.00. The van der Waals surface area contributed by atoms with E-state index in [0.29, 0.717) is 17.9 Å². The summed E-state index contributed by atoms with van der Waals surface area (Å²) >= 11 is 0. The highest BCUT2D eigenvalue weighted by molar-refractivity contribution is 7.91. The van der Waals surface area contributed by atoms with Gasteiger partial charge in [-0.05, 0) is 18.6 Å². The molecule has 7 heteroatoms. The zero-order valence-electron chi connectivity index (χ0n) is 10.5. The van der Waals surface area contributed by atoms with E-state index in [1.165, 1.54) is 7.11 Å². The lowest BCUT2D eigenvalue weighted by Gasteiger charge is -2.13. The first kappa shape index (κ1) is 13.7. The maximum Gasteiger partial charge on any atom is 0.319 e. The Bertz CT molecular complexity index is 571. The molecule has 1 heterocycles. The summed E-state index contributed by atoms with van der Waals surface area (Å²) in [5, 5.41) is 5.30. The van der Waals surface area contributed by atoms with Crippen LogP contribution in [0.1, 0.15) is 6.42 Å². The maximum atomic E-state index is 11.8. The Morgan fingerprint density at radius 3 is 2.74 bits per heavy atom. The Morgan fingerprint density at radius 1 is 1.37 bits per heavy atom. The molecule has 1 atom stereocenters. The van der Waals surface area contributed by atoms with Gasteiger partial charge in [-0.15, -0.1) is 0 Å². The Balaban J connectivity index is 1.95. The van der Waals surface area contributed by atoms with Crippen LogP contribution < -0.4 is 15.4 Å². The van der Waals surface area contributed by atoms with E-state index in [1.807, 2.05) is 0 Å². The van der Waals surface area contributed by atoms with Crippen LogP contribution in [0, 0.1) is 0 Å². The topological polar surface area (TPSA) is 84.5 Å². The molecule has 0 aliphatic carbocycles. The average molecular weight is 284 g/mol. The monoisotopic (exact) mass is 284 g/mol. The first-order valence-electron chi connectivity index (χ1n) is 5.91. The summed E-state index contributed by atoms with van der Waals surface area (Å²) in [5.41, 5.74) is 0.545. The first-order valence-corrected chi connectivity index (χ1v) is 7.73. The van der Waals surface area contributed by atoms with Crippen molar-refractivity contribution in [2.45, 2.75) is 12.5 Å². The van der Waals surface area contributed by atoms with Gasteiger partial charge < -0.3 is 15.4 Å². The number of ether oxygens (including phenoxy) is 1. The molecule has 2 rings (SSSR count). The van der Waals surface area contributed by atoms with E-state index in [9.17, 15) is 13.2 Å². The van der Waals surface area contributed by atoms with E-state index in [0.717, 1.165) is 0 Å². The normalized spacial score (nSPS) is 20.8. The SMILES string of the molecule is COc1ccccc1NC(=O)N[C@@H]1CCS(=O)(=O)C1. The molecule has 1 saturated heterocycles. The van der Waals surface area contributed by atoms with Gasteiger partial charge in [0, 0.05) is 6.04 Å². The standard InChI is InChI=1S/C12H16N2O4S/c1-18-11-5-3-2-4-10(11)14-12(15)13-9-6-7-19(16,17)8-9/h2-5,9H,6-8H2,1H3,(H2,13,14,15)/t9-/m1/s1. The molecule has 0 unspecified atom stereocenters. The minimum atomic E-state index is -2.99. The summed E-state index contributed by atoms with van der Waals surface area (Å²) in [6.07, 6.45) is 0.460. The molecule has 1 aliphatic heterocycles. The molecule has 104 valence electrons. The second-order valence-electron chi connectivity index (χ2n) is 4.40. The number of carbonyl (C=O) groups is 1. The Labute approximate surface area is 112 Å². The molecule has 19 heavy (non-hydrogen) atoms. The van der Waals surface area contributed by atoms with Gasteiger partial charge in [0.05, 0.1) is 24.3 Å². The number of anilines is 1. The molecule has 1 aliphatic rings. The highest BCUT2D eigenvalue weighted by Gasteiger charge is 2.28. The third-order valence-corrected chi connectivity index (χ3v) is 4.69. The predicted octanol–water partition coefficient (Wildman–Crippen LogP) is 1.00. The second-order valence-corrected chi connectivity index (χ2v) is 6.63. The van der Waals surface area contributed by atoms with Gasteiger partial charge in [-0.1, -0.05) is 12.1 Å². The lowest BCUT2D eigenvalue weighted by atomic mass is 10.2. The third kappa shape index (κ3) is 3.60. The zero-order valence-corrected chi connectivity index (χ0v) is 11.4. The number of amides is 2. The van der Waals surface area contributed by atoms with Crippen LogP contribution in [-0.4, -0.2) is 39.1 Å². The molecule has 0 spiro atoms. The smallest absolute Gasteiger partial charge is 0.319 e. The van der Waals surface area contributed by atoms with Crippen LogP contribution in [0.5, 0.6) is 5.75 Å². The van der Waals surface area contributed by atoms with Gasteiger partial charge in [0.1, 0.15) is 5.75 Å². The van der Waals surface area contributed by atoms with Crippen molar-refractivity contribution in [3.8, 4) is 5.75 Å². The number of hydrogen-bond acceptors (Lipinski definition) is 4. The summed E-state index contributed by atoms with van der Waals surface area (Å²) in [7, 11) is -1.48. The number of carbonyl (C=O) groups excluding carboxylic acids is 1. The minimum Gasteiger partial charge on any atom is -0.495 e. The van der Waals surface area contributed by atoms with Crippen LogP contribution in [0.15, 0.2) is 24.3 Å². The van der Waals surface area contributed by atoms with Gasteiger partial charge in [-0.2, -0.15) is 0 Å². The molecule has 1 fully saturated rings. The van der Waals surface area contributed by atoms with E-state index in [-0.39, 0.29) is 17.5 Å². The van der Waals surface area contributed by atoms with Crippen molar-refractivity contribution in [3.05, 3.63) is 24.3 Å². The fraction of sp³-hybridized carbons (Fsp3) is 0.417. The molecule has 6 nitrogen and oxygen atoms in total. The summed E-state index contributed by atoms with van der Waals surface area (Å²) in [6, 6.07) is 6.27. The molecule has 0 saturated carbocycles. The molecule has 0 radical (unpaired) electrons. The van der Waals surface area contributed by atoms with Crippen molar-refractivity contribution >= 4 is 21.6 Å². The fourth-order valence-corrected chi connectivity index (χ4v) is 3.67. The van der Waals surface area contributed by atoms with Crippen LogP contribution >= 0.6 is 0 Å². The number of nitrogens with one attached hydrogen (secondary N) is 2. The number of urea groups is 1. The van der Waals surface area contributed by atoms with Crippen molar-refractivity contribution in [2.24, 2.45) is 0 Å². The molecule has 2 amide bonds. The summed E-state index contributed by atoms with van der Waals surface area (Å²) in [4.78, 5) is 11.8. The largest absolute Gasteiger partial charge is 0.495 e. The number of rotatable bonds is 3. The molecule has 1 aromatic rings. The van der Waals surface area contributed by atoms with Crippen LogP contribution in [0.4, 0.5) is 10.5 Å². The van der Waals surface area contributed by atoms with Gasteiger partial charge in [-0.3, -0.25) is 0 Å². The highest BCUT2D eigenvalue weighted by atomic mass is 32.2. The van der Waals surface area contributed by atoms with Crippen molar-refractivity contribution in [3.63, 3.8) is 0 Å². The van der Waals surface area contributed by atoms with Crippen molar-refractivity contribution in [1.82, 2.24) is 5.32 Å². The third-order valence-electron chi connectivity index (χ3n) is 2.92. The average Bonchev–Trinajstić information content (AvgIpc) is 2.69. The summed E-state index contributed by atoms with van der Waals surface area (Å²) in [6.45, 7) is 0. The first-order chi connectivity index (χ1) is 9.00. The number of sulfone groups is 1. The number of para-hydroxylation sites is 2. The Kier molecular flexibility index (Phi) is 3.94. The van der Waals surface area contributed by atoms with Crippen LogP contribution in [-0.2, 0) is 9.84 Å². The van der Waals surface area contributed by atoms with Crippen LogP contribution in [0.25, 0.3) is 0 Å². The molecule has 0 aromatic heterocycles. The minimum absolute atomic E-state index is 0.00629. The molecule has 2 N–H and O–H groups in total. The maximum absolute atomic E-state index is 11.8. The number of methoxy groups -OCH3 is 1. The molecular formula is C12H16N2O4S. The van der Waals surface area contributed by atoms with E-state index < -0.39 is 15.9 Å². The lowest BCUT2D eigenvalue weighted by molar-refractivity contribution is 0.249. The number of benzene rings is 1. The van der Waals surface area contributed by atoms with Crippen LogP contribution in [0.2, 0.25) is 0 Å². The lowest BCUT2D eigenvalue weighted by Crippen LogP contribution is -2.38. The second kappa shape index (κ2) is 5.48. The predicted molar refractivity (Wildman–Crippen MR) is 72.2 cm³/mol. The van der Waals surface area contributed by atoms with Crippen molar-refractivity contribution in [1.29, 1.82) is 0 Å². The summed E-state index contributed by atoms with van der Waals surface area (Å²) < 4.78 is 27.7. The van der Waals surface area contributed by atoms with E-state index in [1.54, 1.807) is 24.3 Å². The van der Waals surface area contributed by atoms with Gasteiger partial charge in [0.25, 0.3) is 0 Å². The van der Waals surface area contributed by atoms with E-state index in [4.69, 9.17) is 4.74 Å². The quantitative estimate of drug-likeness (QED) is 0.867. The molecule has 1 aromatic carbocycles. The molecule has 0 bridgehead atoms. The Hall–Kier alpha value is -1.76. The van der Waals surface area contributed by atoms with Gasteiger partial charge in [0.15, 0.2) is 9.84 Å².